The molecule has 2 aromatic rings. The number of carbonyl (C=O) groups is 5. The summed E-state index contributed by atoms with van der Waals surface area (Å²) in [6.07, 6.45) is 0.906. The third-order valence-corrected chi connectivity index (χ3v) is 16.1. The van der Waals surface area contributed by atoms with Crippen molar-refractivity contribution in [3.05, 3.63) is 76.3 Å². The molecule has 5 N–H and O–H groups in total. The largest absolute Gasteiger partial charge is 0.495 e. The van der Waals surface area contributed by atoms with E-state index in [0.717, 1.165) is 16.7 Å². The zero-order chi connectivity index (χ0) is 50.3. The van der Waals surface area contributed by atoms with Gasteiger partial charge in [-0.25, -0.2) is 15.0 Å². The Hall–Kier alpha value is -4.79. The molecule has 0 spiro atoms. The predicted molar refractivity (Wildman–Crippen MR) is 266 cm³/mol. The van der Waals surface area contributed by atoms with Gasteiger partial charge in [-0.05, 0) is 83.4 Å². The summed E-state index contributed by atoms with van der Waals surface area (Å²) in [5.41, 5.74) is 9.42. The Morgan fingerprint density at radius 1 is 1.19 bits per heavy atom. The van der Waals surface area contributed by atoms with Gasteiger partial charge in [-0.3, -0.25) is 19.7 Å². The zero-order valence-corrected chi connectivity index (χ0v) is 42.9. The number of nitrogens with two attached hydrogens (primary N) is 1. The van der Waals surface area contributed by atoms with Crippen molar-refractivity contribution in [1.82, 2.24) is 15.6 Å². The fourth-order valence-corrected chi connectivity index (χ4v) is 10.9. The molecule has 2 fully saturated rings. The molecule has 3 aliphatic heterocycles. The molecule has 0 saturated carbocycles. The van der Waals surface area contributed by atoms with Crippen LogP contribution in [0.1, 0.15) is 85.3 Å². The number of allylic oxidation sites excluding steroid dienone is 3. The van der Waals surface area contributed by atoms with Crippen LogP contribution in [0.15, 0.2) is 65.3 Å². The monoisotopic (exact) mass is 1000 g/mol. The number of likely N-dealkylation sites (N-methyl/N-ethyl adjacent to an activating group) is 1. The van der Waals surface area contributed by atoms with Crippen LogP contribution in [0.4, 0.5) is 16.2 Å². The summed E-state index contributed by atoms with van der Waals surface area (Å²) < 4.78 is 29.0. The number of nitrogen functional groups attached to an aromatic ring is 1. The highest BCUT2D eigenvalue weighted by atomic mass is 35.5. The van der Waals surface area contributed by atoms with Gasteiger partial charge < -0.3 is 44.3 Å². The van der Waals surface area contributed by atoms with Crippen molar-refractivity contribution in [2.75, 3.05) is 44.7 Å². The Morgan fingerprint density at radius 3 is 2.54 bits per heavy atom. The van der Waals surface area contributed by atoms with E-state index in [4.69, 9.17) is 41.0 Å². The summed E-state index contributed by atoms with van der Waals surface area (Å²) in [6, 6.07) is 9.68. The summed E-state index contributed by atoms with van der Waals surface area (Å²) in [7, 11) is 8.88. The molecule has 3 aliphatic rings. The van der Waals surface area contributed by atoms with Gasteiger partial charge >= 0.3 is 12.1 Å². The topological polar surface area (TPSA) is 224 Å². The number of fused-ring (bicyclic) bond motifs is 5. The minimum Gasteiger partial charge on any atom is -0.495 e. The van der Waals surface area contributed by atoms with Crippen LogP contribution in [0.25, 0.3) is 0 Å². The number of alkyl carbamates (subject to hydrolysis) is 1. The van der Waals surface area contributed by atoms with Gasteiger partial charge in [0.1, 0.15) is 40.7 Å². The van der Waals surface area contributed by atoms with Crippen LogP contribution in [0.2, 0.25) is 5.02 Å². The Balaban J connectivity index is 1.29. The molecule has 0 aliphatic carbocycles. The normalized spacial score (nSPS) is 27.3. The van der Waals surface area contributed by atoms with E-state index in [2.05, 4.69) is 15.8 Å². The molecular formula is C48H65ClN6O11S2. The molecular weight excluding hydrogens is 936 g/mol. The van der Waals surface area contributed by atoms with E-state index in [1.807, 2.05) is 39.0 Å². The first-order valence-corrected chi connectivity index (χ1v) is 25.0. The number of ether oxygens (including phenoxy) is 5. The first-order valence-electron chi connectivity index (χ1n) is 22.3. The van der Waals surface area contributed by atoms with Crippen LogP contribution in [0.5, 0.6) is 5.75 Å². The SMILES string of the molecule is COc1cc2cc(c1Cl)N(C)C(=O)C[C@H](OC(=O)[C@H](C)N(C)C(=O)CCSSC(C)(C)CC(=O)N/N=C(/C)c1ccc(N)cc1)[C@]1(C)O[C@H]1[C@H](C)[C@@H]1C[C@@](O)(NC(=O)O1)[C@H](OC)/C=C/C=C(\C)C2. The lowest BCUT2D eigenvalue weighted by Crippen LogP contribution is -2.63. The highest BCUT2D eigenvalue weighted by Gasteiger charge is 2.64. The quantitative estimate of drug-likeness (QED) is 0.0299. The number of esters is 1. The summed E-state index contributed by atoms with van der Waals surface area (Å²) in [5.74, 6) is -1.63. The van der Waals surface area contributed by atoms with Crippen molar-refractivity contribution in [2.24, 2.45) is 11.0 Å². The van der Waals surface area contributed by atoms with Crippen molar-refractivity contribution in [1.29, 1.82) is 0 Å². The molecule has 2 aromatic carbocycles. The Labute approximate surface area is 411 Å². The summed E-state index contributed by atoms with van der Waals surface area (Å²) in [5, 5.41) is 18.8. The number of hydrogen-bond donors (Lipinski definition) is 4. The van der Waals surface area contributed by atoms with Crippen LogP contribution in [0, 0.1) is 5.92 Å². The van der Waals surface area contributed by atoms with E-state index < -0.39 is 70.4 Å². The first-order chi connectivity index (χ1) is 31.9. The smallest absolute Gasteiger partial charge is 0.409 e. The number of nitrogens with one attached hydrogen (secondary N) is 2. The third kappa shape index (κ3) is 13.5. The van der Waals surface area contributed by atoms with Crippen LogP contribution < -0.4 is 26.1 Å². The van der Waals surface area contributed by atoms with Crippen LogP contribution >= 0.6 is 33.2 Å². The number of hydrazone groups is 1. The zero-order valence-electron chi connectivity index (χ0n) is 40.5. The number of amides is 4. The van der Waals surface area contributed by atoms with Gasteiger partial charge in [0.05, 0.1) is 31.0 Å². The molecule has 17 nitrogen and oxygen atoms in total. The molecule has 8 atom stereocenters. The first kappa shape index (κ1) is 54.2. The van der Waals surface area contributed by atoms with E-state index in [1.54, 1.807) is 71.2 Å². The molecule has 20 heteroatoms. The van der Waals surface area contributed by atoms with E-state index in [9.17, 15) is 29.1 Å². The second-order valence-electron chi connectivity index (χ2n) is 18.3. The Morgan fingerprint density at radius 2 is 1.88 bits per heavy atom. The second-order valence-corrected chi connectivity index (χ2v) is 21.9. The fourth-order valence-electron chi connectivity index (χ4n) is 8.12. The number of carbonyl (C=O) groups excluding carboxylic acids is 5. The van der Waals surface area contributed by atoms with Crippen LogP contribution in [-0.2, 0) is 44.5 Å². The maximum Gasteiger partial charge on any atom is 0.409 e. The van der Waals surface area contributed by atoms with E-state index >= 15 is 0 Å². The van der Waals surface area contributed by atoms with Gasteiger partial charge in [0, 0.05) is 62.6 Å². The van der Waals surface area contributed by atoms with Gasteiger partial charge in [-0.15, -0.1) is 0 Å². The van der Waals surface area contributed by atoms with Gasteiger partial charge in [-0.1, -0.05) is 76.0 Å². The molecule has 0 aromatic heterocycles. The van der Waals surface area contributed by atoms with Crippen LogP contribution in [0.3, 0.4) is 0 Å². The highest BCUT2D eigenvalue weighted by Crippen LogP contribution is 2.49. The van der Waals surface area contributed by atoms with Crippen molar-refractivity contribution in [2.45, 2.75) is 127 Å². The molecule has 372 valence electrons. The van der Waals surface area contributed by atoms with Gasteiger partial charge in [0.25, 0.3) is 0 Å². The van der Waals surface area contributed by atoms with Gasteiger partial charge in [0.15, 0.2) is 5.72 Å². The molecule has 0 radical (unpaired) electrons. The lowest BCUT2D eigenvalue weighted by molar-refractivity contribution is -0.162. The average Bonchev–Trinajstić information content (AvgIpc) is 3.98. The van der Waals surface area contributed by atoms with Crippen molar-refractivity contribution in [3.8, 4) is 5.75 Å². The molecule has 0 unspecified atom stereocenters. The number of nitrogens with zero attached hydrogens (tertiary/aromatic N) is 3. The third-order valence-electron chi connectivity index (χ3n) is 12.5. The summed E-state index contributed by atoms with van der Waals surface area (Å²) >= 11 is 6.81. The molecule has 2 saturated heterocycles. The van der Waals surface area contributed by atoms with Crippen molar-refractivity contribution >= 4 is 80.1 Å². The summed E-state index contributed by atoms with van der Waals surface area (Å²) in [6.45, 7) is 12.6. The van der Waals surface area contributed by atoms with Gasteiger partial charge in [0.2, 0.25) is 17.7 Å². The molecule has 68 heavy (non-hydrogen) atoms. The number of hydrogen-bond acceptors (Lipinski definition) is 15. The second kappa shape index (κ2) is 22.8. The Kier molecular flexibility index (Phi) is 18.1. The predicted octanol–water partition coefficient (Wildman–Crippen LogP) is 6.58. The minimum absolute atomic E-state index is 0.0774. The van der Waals surface area contributed by atoms with Crippen molar-refractivity contribution < 1.29 is 52.8 Å². The van der Waals surface area contributed by atoms with Gasteiger partial charge in [-0.2, -0.15) is 5.10 Å². The number of methoxy groups -OCH3 is 2. The molecule has 4 bridgehead atoms. The maximum atomic E-state index is 14.3. The molecule has 5 rings (SSSR count). The summed E-state index contributed by atoms with van der Waals surface area (Å²) in [4.78, 5) is 70.3. The van der Waals surface area contributed by atoms with Crippen LogP contribution in [-0.4, -0.2) is 126 Å². The number of halogens is 1. The fraction of sp³-hybridized carbons (Fsp3) is 0.542. The lowest BCUT2D eigenvalue weighted by Gasteiger charge is -2.42. The minimum atomic E-state index is -1.86. The van der Waals surface area contributed by atoms with Crippen molar-refractivity contribution in [3.63, 3.8) is 0 Å². The Bertz CT molecular complexity index is 2300. The average molecular weight is 1000 g/mol. The van der Waals surface area contributed by atoms with E-state index in [1.165, 1.54) is 52.7 Å². The number of epoxide rings is 1. The number of rotatable bonds is 14. The number of aliphatic hydroxyl groups is 1. The maximum absolute atomic E-state index is 14.3. The highest BCUT2D eigenvalue weighted by molar-refractivity contribution is 8.77. The lowest BCUT2D eigenvalue weighted by atomic mass is 9.83. The number of anilines is 2. The molecule has 4 amide bonds. The van der Waals surface area contributed by atoms with E-state index in [-0.39, 0.29) is 42.5 Å². The molecule has 3 heterocycles. The van der Waals surface area contributed by atoms with E-state index in [0.29, 0.717) is 35.0 Å². The number of benzene rings is 2. The standard InChI is InChI=1S/C48H65ClN6O11S2/c1-27-13-12-14-37(63-11)48(61)25-36(64-45(60)51-48)28(2)43-47(7,66-43)38(24-41(58)55(9)34-22-31(21-27)23-35(62-10)42(34)49)65-44(59)30(4)54(8)40(57)19-20-67-68-46(5,6)26-39(56)53-52-29(3)32-15-17-33(50)18-16-32/h12-18,22-23,28,30,36-38,43,61H,19-21,24-26,50H2,1-11H3,(H,51,60)(H,53,56)/b14-12+,27-13+,52-29-/t28-,30+,36+,37-,38+,43+,47+,48+/m1/s1.